The van der Waals surface area contributed by atoms with Crippen molar-refractivity contribution < 1.29 is 17.7 Å². The smallest absolute Gasteiger partial charge is 0.194 e. The van der Waals surface area contributed by atoms with Crippen molar-refractivity contribution in [3.63, 3.8) is 0 Å². The molecule has 0 N–H and O–H groups in total. The highest BCUT2D eigenvalue weighted by atomic mass is 19.4. The Morgan fingerprint density at radius 2 is 1.58 bits per heavy atom. The number of alkyl halides is 3. The molecule has 0 radical (unpaired) electrons. The lowest BCUT2D eigenvalue weighted by molar-refractivity contribution is -0.633. The van der Waals surface area contributed by atoms with E-state index in [1.807, 2.05) is 37.4 Å². The van der Waals surface area contributed by atoms with Crippen LogP contribution in [0.3, 0.4) is 0 Å². The van der Waals surface area contributed by atoms with Crippen molar-refractivity contribution in [2.45, 2.75) is 33.4 Å². The van der Waals surface area contributed by atoms with E-state index in [4.69, 9.17) is 0 Å². The third-order valence-electron chi connectivity index (χ3n) is 5.07. The predicted molar refractivity (Wildman–Crippen MR) is 98.8 cm³/mol. The average molecular weight is 358 g/mol. The van der Waals surface area contributed by atoms with E-state index in [0.29, 0.717) is 5.56 Å². The summed E-state index contributed by atoms with van der Waals surface area (Å²) in [5.74, 6) is 0. The van der Waals surface area contributed by atoms with E-state index >= 15 is 0 Å². The fourth-order valence-electron chi connectivity index (χ4n) is 3.28. The Morgan fingerprint density at radius 3 is 2.23 bits per heavy atom. The zero-order valence-corrected chi connectivity index (χ0v) is 15.5. The molecule has 1 aromatic heterocycles. The summed E-state index contributed by atoms with van der Waals surface area (Å²) in [7, 11) is 1.96. The number of pyridine rings is 1. The molecular formula is C22H23F3N+. The van der Waals surface area contributed by atoms with Gasteiger partial charge in [-0.25, -0.2) is 0 Å². The lowest BCUT2D eigenvalue weighted by Gasteiger charge is -2.27. The number of hydrogen-bond acceptors (Lipinski definition) is 0. The van der Waals surface area contributed by atoms with Gasteiger partial charge in [0.25, 0.3) is 0 Å². The largest absolute Gasteiger partial charge is 0.394 e. The van der Waals surface area contributed by atoms with Gasteiger partial charge in [-0.05, 0) is 42.7 Å². The van der Waals surface area contributed by atoms with Gasteiger partial charge in [-0.1, -0.05) is 38.1 Å². The summed E-state index contributed by atoms with van der Waals surface area (Å²) in [5, 5.41) is 1.01. The monoisotopic (exact) mass is 358 g/mol. The van der Waals surface area contributed by atoms with Gasteiger partial charge in [-0.3, -0.25) is 0 Å². The van der Waals surface area contributed by atoms with Gasteiger partial charge in [0.15, 0.2) is 0 Å². The van der Waals surface area contributed by atoms with Crippen LogP contribution in [0.4, 0.5) is 13.2 Å². The van der Waals surface area contributed by atoms with Crippen molar-refractivity contribution in [1.29, 1.82) is 0 Å². The van der Waals surface area contributed by atoms with Gasteiger partial charge in [0, 0.05) is 23.1 Å². The highest BCUT2D eigenvalue weighted by Gasteiger charge is 2.47. The second-order valence-corrected chi connectivity index (χ2v) is 7.54. The van der Waals surface area contributed by atoms with E-state index in [0.717, 1.165) is 27.7 Å². The second-order valence-electron chi connectivity index (χ2n) is 7.54. The number of rotatable bonds is 3. The third-order valence-corrected chi connectivity index (χ3v) is 5.07. The van der Waals surface area contributed by atoms with Gasteiger partial charge < -0.3 is 0 Å². The van der Waals surface area contributed by atoms with E-state index < -0.39 is 11.6 Å². The van der Waals surface area contributed by atoms with Gasteiger partial charge in [0.1, 0.15) is 7.05 Å². The maximum atomic E-state index is 13.2. The molecule has 136 valence electrons. The summed E-state index contributed by atoms with van der Waals surface area (Å²) in [5.41, 5.74) is 3.20. The SMILES string of the molecule is Cc1ccccc1-c1ccc2ccc(CC(C)(C)C(F)(F)F)cc2[n+]1C. The van der Waals surface area contributed by atoms with E-state index in [9.17, 15) is 13.2 Å². The Labute approximate surface area is 152 Å². The zero-order chi connectivity index (χ0) is 19.1. The number of fused-ring (bicyclic) bond motifs is 1. The molecule has 3 rings (SSSR count). The van der Waals surface area contributed by atoms with Crippen molar-refractivity contribution >= 4 is 10.9 Å². The van der Waals surface area contributed by atoms with E-state index in [1.54, 1.807) is 6.07 Å². The molecule has 0 fully saturated rings. The fraction of sp³-hybridized carbons (Fsp3) is 0.318. The molecule has 0 spiro atoms. The molecule has 0 aliphatic rings. The van der Waals surface area contributed by atoms with E-state index in [2.05, 4.69) is 29.7 Å². The Bertz CT molecular complexity index is 955. The van der Waals surface area contributed by atoms with E-state index in [1.165, 1.54) is 13.8 Å². The number of hydrogen-bond donors (Lipinski definition) is 0. The Morgan fingerprint density at radius 1 is 0.923 bits per heavy atom. The van der Waals surface area contributed by atoms with Crippen LogP contribution in [0.2, 0.25) is 0 Å². The van der Waals surface area contributed by atoms with Crippen LogP contribution in [0.15, 0.2) is 54.6 Å². The van der Waals surface area contributed by atoms with Crippen molar-refractivity contribution in [3.05, 3.63) is 65.7 Å². The molecule has 3 aromatic rings. The summed E-state index contributed by atoms with van der Waals surface area (Å²) >= 11 is 0. The molecule has 0 unspecified atom stereocenters. The standard InChI is InChI=1S/C22H23F3N/c1-15-7-5-6-8-18(15)19-12-11-17-10-9-16(13-20(17)26(19)4)14-21(2,3)22(23,24)25/h5-13H,14H2,1-4H3/q+1. The van der Waals surface area contributed by atoms with Crippen LogP contribution in [0.5, 0.6) is 0 Å². The van der Waals surface area contributed by atoms with Crippen LogP contribution in [0.25, 0.3) is 22.2 Å². The number of benzene rings is 2. The van der Waals surface area contributed by atoms with Crippen molar-refractivity contribution in [1.82, 2.24) is 0 Å². The summed E-state index contributed by atoms with van der Waals surface area (Å²) in [4.78, 5) is 0. The van der Waals surface area contributed by atoms with Gasteiger partial charge in [0.05, 0.1) is 5.41 Å². The van der Waals surface area contributed by atoms with Crippen LogP contribution in [0, 0.1) is 12.3 Å². The topological polar surface area (TPSA) is 3.88 Å². The van der Waals surface area contributed by atoms with Crippen LogP contribution in [-0.2, 0) is 13.5 Å². The minimum Gasteiger partial charge on any atom is -0.194 e. The number of aryl methyl sites for hydroxylation is 2. The van der Waals surface area contributed by atoms with Gasteiger partial charge >= 0.3 is 6.18 Å². The summed E-state index contributed by atoms with van der Waals surface area (Å²) in [6.45, 7) is 4.56. The molecule has 0 aliphatic heterocycles. The van der Waals surface area contributed by atoms with Crippen LogP contribution >= 0.6 is 0 Å². The van der Waals surface area contributed by atoms with Crippen molar-refractivity contribution in [3.8, 4) is 11.3 Å². The molecule has 0 amide bonds. The van der Waals surface area contributed by atoms with Crippen molar-refractivity contribution in [2.75, 3.05) is 0 Å². The minimum absolute atomic E-state index is 0.0406. The lowest BCUT2D eigenvalue weighted by Crippen LogP contribution is -2.35. The summed E-state index contributed by atoms with van der Waals surface area (Å²) in [6, 6.07) is 17.8. The lowest BCUT2D eigenvalue weighted by atomic mass is 9.85. The molecule has 26 heavy (non-hydrogen) atoms. The summed E-state index contributed by atoms with van der Waals surface area (Å²) < 4.78 is 41.8. The highest BCUT2D eigenvalue weighted by molar-refractivity contribution is 5.78. The van der Waals surface area contributed by atoms with Crippen LogP contribution in [-0.4, -0.2) is 6.18 Å². The average Bonchev–Trinajstić information content (AvgIpc) is 2.55. The molecule has 0 saturated heterocycles. The van der Waals surface area contributed by atoms with Crippen molar-refractivity contribution in [2.24, 2.45) is 12.5 Å². The predicted octanol–water partition coefficient (Wildman–Crippen LogP) is 5.77. The summed E-state index contributed by atoms with van der Waals surface area (Å²) in [6.07, 6.45) is -4.27. The number of halogens is 3. The normalized spacial score (nSPS) is 12.6. The molecular weight excluding hydrogens is 335 g/mol. The zero-order valence-electron chi connectivity index (χ0n) is 15.5. The Kier molecular flexibility index (Phi) is 4.55. The molecule has 1 nitrogen and oxygen atoms in total. The second kappa shape index (κ2) is 6.42. The Balaban J connectivity index is 2.09. The van der Waals surface area contributed by atoms with Gasteiger partial charge in [0.2, 0.25) is 11.2 Å². The molecule has 0 bridgehead atoms. The molecule has 0 aliphatic carbocycles. The first-order valence-corrected chi connectivity index (χ1v) is 8.64. The number of aromatic nitrogens is 1. The Hall–Kier alpha value is -2.36. The highest BCUT2D eigenvalue weighted by Crippen LogP contribution is 2.40. The first-order chi connectivity index (χ1) is 12.1. The maximum absolute atomic E-state index is 13.2. The first-order valence-electron chi connectivity index (χ1n) is 8.64. The molecule has 1 heterocycles. The molecule has 4 heteroatoms. The third kappa shape index (κ3) is 3.33. The van der Waals surface area contributed by atoms with Crippen LogP contribution < -0.4 is 4.57 Å². The molecule has 2 aromatic carbocycles. The minimum atomic E-state index is -4.23. The van der Waals surface area contributed by atoms with Gasteiger partial charge in [-0.15, -0.1) is 0 Å². The quantitative estimate of drug-likeness (QED) is 0.523. The van der Waals surface area contributed by atoms with E-state index in [-0.39, 0.29) is 6.42 Å². The fourth-order valence-corrected chi connectivity index (χ4v) is 3.28. The van der Waals surface area contributed by atoms with Gasteiger partial charge in [-0.2, -0.15) is 17.7 Å². The molecule has 0 atom stereocenters. The first kappa shape index (κ1) is 18.4. The van der Waals surface area contributed by atoms with Crippen LogP contribution in [0.1, 0.15) is 25.0 Å². The maximum Gasteiger partial charge on any atom is 0.394 e. The number of nitrogens with zero attached hydrogens (tertiary/aromatic N) is 1. The molecule has 0 saturated carbocycles.